The molecule has 2 aliphatic rings. The normalized spacial score (nSPS) is 32.4. The maximum absolute atomic E-state index is 12.4. The first-order valence-electron chi connectivity index (χ1n) is 8.04. The predicted molar refractivity (Wildman–Crippen MR) is 87.5 cm³/mol. The molecule has 126 valence electrons. The van der Waals surface area contributed by atoms with Crippen molar-refractivity contribution in [2.75, 3.05) is 6.61 Å². The maximum Gasteiger partial charge on any atom is 0.296 e. The van der Waals surface area contributed by atoms with Gasteiger partial charge in [0.1, 0.15) is 5.78 Å². The van der Waals surface area contributed by atoms with E-state index in [1.807, 2.05) is 13.8 Å². The molecule has 23 heavy (non-hydrogen) atoms. The number of rotatable bonds is 4. The number of fused-ring (bicyclic) bond motifs is 2. The topological polar surface area (TPSA) is 60.4 Å². The third-order valence-electron chi connectivity index (χ3n) is 6.72. The lowest BCUT2D eigenvalue weighted by atomic mass is 9.65. The number of benzene rings is 1. The molecule has 4 nitrogen and oxygen atoms in total. The average Bonchev–Trinajstić information content (AvgIpc) is 2.76. The summed E-state index contributed by atoms with van der Waals surface area (Å²) in [4.78, 5) is 12.6. The van der Waals surface area contributed by atoms with Gasteiger partial charge in [0.2, 0.25) is 0 Å². The SMILES string of the molecule is Cc1ccc(S(=O)(=O)OC[C@]23CC[C@@](C)(C(=O)C2)C3(C)C)cc1. The molecule has 0 amide bonds. The van der Waals surface area contributed by atoms with Crippen molar-refractivity contribution in [3.8, 4) is 0 Å². The third kappa shape index (κ3) is 2.20. The van der Waals surface area contributed by atoms with Gasteiger partial charge >= 0.3 is 0 Å². The first-order chi connectivity index (χ1) is 10.5. The molecule has 0 heterocycles. The average molecular weight is 336 g/mol. The van der Waals surface area contributed by atoms with E-state index in [9.17, 15) is 13.2 Å². The van der Waals surface area contributed by atoms with Crippen molar-refractivity contribution in [1.29, 1.82) is 0 Å². The number of aryl methyl sites for hydroxylation is 1. The summed E-state index contributed by atoms with van der Waals surface area (Å²) in [6.07, 6.45) is 2.07. The molecular weight excluding hydrogens is 312 g/mol. The van der Waals surface area contributed by atoms with Crippen molar-refractivity contribution in [2.45, 2.75) is 51.9 Å². The van der Waals surface area contributed by atoms with E-state index in [0.29, 0.717) is 6.42 Å². The summed E-state index contributed by atoms with van der Waals surface area (Å²) >= 11 is 0. The Morgan fingerprint density at radius 1 is 1.09 bits per heavy atom. The molecule has 1 aromatic carbocycles. The molecule has 0 N–H and O–H groups in total. The van der Waals surface area contributed by atoms with Gasteiger partial charge < -0.3 is 0 Å². The van der Waals surface area contributed by atoms with Crippen LogP contribution in [-0.4, -0.2) is 20.8 Å². The van der Waals surface area contributed by atoms with Crippen LogP contribution in [0.2, 0.25) is 0 Å². The van der Waals surface area contributed by atoms with E-state index in [0.717, 1.165) is 18.4 Å². The summed E-state index contributed by atoms with van der Waals surface area (Å²) in [5.41, 5.74) is 0.0112. The molecule has 2 atom stereocenters. The number of carbonyl (C=O) groups excluding carboxylic acids is 1. The van der Waals surface area contributed by atoms with Crippen LogP contribution in [0.4, 0.5) is 0 Å². The Morgan fingerprint density at radius 3 is 2.17 bits per heavy atom. The summed E-state index contributed by atoms with van der Waals surface area (Å²) < 4.78 is 30.3. The summed E-state index contributed by atoms with van der Waals surface area (Å²) in [5.74, 6) is 0.241. The van der Waals surface area contributed by atoms with Crippen LogP contribution in [0.3, 0.4) is 0 Å². The molecule has 5 heteroatoms. The quantitative estimate of drug-likeness (QED) is 0.790. The van der Waals surface area contributed by atoms with Crippen LogP contribution < -0.4 is 0 Å². The van der Waals surface area contributed by atoms with Crippen LogP contribution in [0.15, 0.2) is 29.2 Å². The first-order valence-corrected chi connectivity index (χ1v) is 9.44. The minimum atomic E-state index is -3.79. The van der Waals surface area contributed by atoms with Crippen LogP contribution in [0.25, 0.3) is 0 Å². The highest BCUT2D eigenvalue weighted by Gasteiger charge is 2.69. The number of Topliss-reactive ketones (excluding diaryl/α,β-unsaturated/α-hetero) is 1. The van der Waals surface area contributed by atoms with Gasteiger partial charge in [0, 0.05) is 17.3 Å². The molecule has 0 aromatic heterocycles. The molecule has 2 aliphatic carbocycles. The van der Waals surface area contributed by atoms with Crippen LogP contribution in [0, 0.1) is 23.2 Å². The van der Waals surface area contributed by atoms with E-state index in [2.05, 4.69) is 13.8 Å². The van der Waals surface area contributed by atoms with Crippen molar-refractivity contribution in [3.05, 3.63) is 29.8 Å². The number of hydrogen-bond acceptors (Lipinski definition) is 4. The molecule has 1 aromatic rings. The van der Waals surface area contributed by atoms with E-state index in [1.54, 1.807) is 24.3 Å². The first kappa shape index (κ1) is 16.7. The maximum atomic E-state index is 12.4. The monoisotopic (exact) mass is 336 g/mol. The highest BCUT2D eigenvalue weighted by molar-refractivity contribution is 7.86. The van der Waals surface area contributed by atoms with Gasteiger partial charge in [-0.3, -0.25) is 8.98 Å². The fourth-order valence-electron chi connectivity index (χ4n) is 4.27. The van der Waals surface area contributed by atoms with Crippen molar-refractivity contribution >= 4 is 15.9 Å². The number of carbonyl (C=O) groups is 1. The Kier molecular flexibility index (Phi) is 3.55. The molecule has 3 rings (SSSR count). The summed E-state index contributed by atoms with van der Waals surface area (Å²) in [7, 11) is -3.79. The number of ketones is 1. The molecule has 0 saturated heterocycles. The smallest absolute Gasteiger partial charge is 0.296 e. The van der Waals surface area contributed by atoms with E-state index in [4.69, 9.17) is 4.18 Å². The Labute approximate surface area is 138 Å². The van der Waals surface area contributed by atoms with Crippen molar-refractivity contribution in [3.63, 3.8) is 0 Å². The Balaban J connectivity index is 1.83. The molecule has 2 saturated carbocycles. The molecule has 0 radical (unpaired) electrons. The second-order valence-corrected chi connectivity index (χ2v) is 9.48. The molecule has 2 bridgehead atoms. The third-order valence-corrected chi connectivity index (χ3v) is 8.00. The lowest BCUT2D eigenvalue weighted by molar-refractivity contribution is -0.128. The second kappa shape index (κ2) is 4.90. The minimum absolute atomic E-state index is 0.0809. The summed E-state index contributed by atoms with van der Waals surface area (Å²) in [6.45, 7) is 8.15. The van der Waals surface area contributed by atoms with E-state index >= 15 is 0 Å². The van der Waals surface area contributed by atoms with Crippen LogP contribution in [0.5, 0.6) is 0 Å². The Morgan fingerprint density at radius 2 is 1.70 bits per heavy atom. The Bertz CT molecular complexity index is 748. The van der Waals surface area contributed by atoms with Gasteiger partial charge in [-0.2, -0.15) is 8.42 Å². The fraction of sp³-hybridized carbons (Fsp3) is 0.611. The number of hydrogen-bond donors (Lipinski definition) is 0. The molecular formula is C18H24O4S. The standard InChI is InChI=1S/C18H24O4S/c1-13-5-7-14(8-6-13)23(20,21)22-12-18-10-9-17(4,15(19)11-18)16(18,2)3/h5-8H,9-12H2,1-4H3/t17-,18-/m0/s1. The largest absolute Gasteiger partial charge is 0.299 e. The Hall–Kier alpha value is -1.20. The van der Waals surface area contributed by atoms with Gasteiger partial charge in [-0.25, -0.2) is 0 Å². The van der Waals surface area contributed by atoms with Gasteiger partial charge in [-0.15, -0.1) is 0 Å². The van der Waals surface area contributed by atoms with Gasteiger partial charge in [-0.05, 0) is 37.3 Å². The zero-order chi connectivity index (χ0) is 17.1. The molecule has 0 aliphatic heterocycles. The fourth-order valence-corrected chi connectivity index (χ4v) is 5.25. The van der Waals surface area contributed by atoms with Crippen LogP contribution >= 0.6 is 0 Å². The van der Waals surface area contributed by atoms with E-state index in [1.165, 1.54) is 0 Å². The van der Waals surface area contributed by atoms with Gasteiger partial charge in [-0.1, -0.05) is 38.5 Å². The van der Waals surface area contributed by atoms with Crippen molar-refractivity contribution in [1.82, 2.24) is 0 Å². The van der Waals surface area contributed by atoms with Crippen molar-refractivity contribution in [2.24, 2.45) is 16.2 Å². The predicted octanol–water partition coefficient (Wildman–Crippen LogP) is 3.49. The zero-order valence-corrected chi connectivity index (χ0v) is 15.0. The molecule has 0 unspecified atom stereocenters. The lowest BCUT2D eigenvalue weighted by Crippen LogP contribution is -2.38. The van der Waals surface area contributed by atoms with Crippen LogP contribution in [0.1, 0.15) is 45.6 Å². The van der Waals surface area contributed by atoms with Crippen LogP contribution in [-0.2, 0) is 19.1 Å². The van der Waals surface area contributed by atoms with Gasteiger partial charge in [0.25, 0.3) is 10.1 Å². The van der Waals surface area contributed by atoms with E-state index in [-0.39, 0.29) is 33.5 Å². The second-order valence-electron chi connectivity index (χ2n) is 7.87. The summed E-state index contributed by atoms with van der Waals surface area (Å²) in [5, 5.41) is 0. The van der Waals surface area contributed by atoms with Gasteiger partial charge in [0.05, 0.1) is 11.5 Å². The van der Waals surface area contributed by atoms with Gasteiger partial charge in [0.15, 0.2) is 0 Å². The molecule has 2 fully saturated rings. The lowest BCUT2D eigenvalue weighted by Gasteiger charge is -2.39. The highest BCUT2D eigenvalue weighted by atomic mass is 32.2. The van der Waals surface area contributed by atoms with E-state index < -0.39 is 10.1 Å². The summed E-state index contributed by atoms with van der Waals surface area (Å²) in [6, 6.07) is 6.63. The zero-order valence-electron chi connectivity index (χ0n) is 14.2. The minimum Gasteiger partial charge on any atom is -0.299 e. The highest BCUT2D eigenvalue weighted by Crippen LogP contribution is 2.70. The molecule has 0 spiro atoms. The van der Waals surface area contributed by atoms with Crippen molar-refractivity contribution < 1.29 is 17.4 Å².